The molecule has 0 fully saturated rings. The third-order valence-electron chi connectivity index (χ3n) is 2.48. The summed E-state index contributed by atoms with van der Waals surface area (Å²) >= 11 is 0. The minimum Gasteiger partial charge on any atom is -0.323 e. The maximum atomic E-state index is 12.1. The number of carbonyl (C=O) groups excluding carboxylic acids is 1. The smallest absolute Gasteiger partial charge is 0.259 e. The van der Waals surface area contributed by atoms with E-state index >= 15 is 0 Å². The maximum Gasteiger partial charge on any atom is 0.259 e. The molecule has 18 heavy (non-hydrogen) atoms. The first-order valence-corrected chi connectivity index (χ1v) is 5.36. The fourth-order valence-corrected chi connectivity index (χ4v) is 1.51. The van der Waals surface area contributed by atoms with Gasteiger partial charge in [0, 0.05) is 18.6 Å². The Labute approximate surface area is 104 Å². The lowest BCUT2D eigenvalue weighted by atomic mass is 10.2. The number of nitrogen functional groups attached to an aromatic ring is 1. The predicted octanol–water partition coefficient (Wildman–Crippen LogP) is 1.32. The first-order valence-electron chi connectivity index (χ1n) is 5.36. The second-order valence-corrected chi connectivity index (χ2v) is 3.66. The lowest BCUT2D eigenvalue weighted by Gasteiger charge is -2.10. The quantitative estimate of drug-likeness (QED) is 0.558. The predicted molar refractivity (Wildman–Crippen MR) is 69.0 cm³/mol. The van der Waals surface area contributed by atoms with E-state index in [1.807, 2.05) is 6.92 Å². The molecule has 2 aromatic rings. The van der Waals surface area contributed by atoms with E-state index in [1.165, 1.54) is 6.20 Å². The minimum atomic E-state index is -0.285. The summed E-state index contributed by atoms with van der Waals surface area (Å²) in [5.74, 6) is 5.06. The molecule has 0 saturated carbocycles. The van der Waals surface area contributed by atoms with Crippen LogP contribution >= 0.6 is 0 Å². The molecule has 2 aromatic heterocycles. The monoisotopic (exact) mass is 243 g/mol. The zero-order chi connectivity index (χ0) is 13.0. The molecular formula is C12H13N5O. The molecule has 0 aromatic carbocycles. The van der Waals surface area contributed by atoms with E-state index in [9.17, 15) is 4.79 Å². The van der Waals surface area contributed by atoms with Gasteiger partial charge in [0.2, 0.25) is 0 Å². The molecule has 0 radical (unpaired) electrons. The van der Waals surface area contributed by atoms with Gasteiger partial charge in [0.05, 0.1) is 22.6 Å². The number of pyridine rings is 2. The molecule has 6 heteroatoms. The Morgan fingerprint density at radius 2 is 2.11 bits per heavy atom. The number of aryl methyl sites for hydroxylation is 1. The average Bonchev–Trinajstić information content (AvgIpc) is 2.41. The van der Waals surface area contributed by atoms with Crippen molar-refractivity contribution in [3.63, 3.8) is 0 Å². The van der Waals surface area contributed by atoms with Gasteiger partial charge in [-0.15, -0.1) is 0 Å². The number of amides is 1. The first-order chi connectivity index (χ1) is 8.72. The molecule has 4 N–H and O–H groups in total. The highest BCUT2D eigenvalue weighted by atomic mass is 16.1. The average molecular weight is 243 g/mol. The van der Waals surface area contributed by atoms with E-state index in [1.54, 1.807) is 30.6 Å². The zero-order valence-corrected chi connectivity index (χ0v) is 9.84. The molecule has 0 aliphatic carbocycles. The van der Waals surface area contributed by atoms with Crippen molar-refractivity contribution in [2.24, 2.45) is 5.84 Å². The van der Waals surface area contributed by atoms with E-state index in [2.05, 4.69) is 20.7 Å². The number of hydrogen-bond donors (Lipinski definition) is 3. The number of nitrogens with one attached hydrogen (secondary N) is 2. The van der Waals surface area contributed by atoms with Gasteiger partial charge in [-0.05, 0) is 25.1 Å². The number of nitrogens with two attached hydrogens (primary N) is 1. The Morgan fingerprint density at radius 1 is 1.28 bits per heavy atom. The van der Waals surface area contributed by atoms with Gasteiger partial charge < -0.3 is 10.7 Å². The highest BCUT2D eigenvalue weighted by molar-refractivity contribution is 6.07. The molecule has 0 bridgehead atoms. The molecule has 1 amide bonds. The van der Waals surface area contributed by atoms with Gasteiger partial charge in [-0.1, -0.05) is 0 Å². The van der Waals surface area contributed by atoms with Gasteiger partial charge in [0.25, 0.3) is 5.91 Å². The Balaban J connectivity index is 2.25. The van der Waals surface area contributed by atoms with Crippen LogP contribution in [0.25, 0.3) is 0 Å². The molecule has 0 spiro atoms. The number of aromatic nitrogens is 2. The maximum absolute atomic E-state index is 12.1. The Kier molecular flexibility index (Phi) is 3.49. The van der Waals surface area contributed by atoms with Gasteiger partial charge in [-0.3, -0.25) is 20.6 Å². The van der Waals surface area contributed by atoms with Crippen molar-refractivity contribution < 1.29 is 4.79 Å². The summed E-state index contributed by atoms with van der Waals surface area (Å²) in [7, 11) is 0. The van der Waals surface area contributed by atoms with E-state index in [4.69, 9.17) is 5.84 Å². The Morgan fingerprint density at radius 3 is 2.83 bits per heavy atom. The molecule has 6 nitrogen and oxygen atoms in total. The van der Waals surface area contributed by atoms with Crippen molar-refractivity contribution in [2.75, 3.05) is 10.7 Å². The topological polar surface area (TPSA) is 92.9 Å². The third kappa shape index (κ3) is 2.44. The summed E-state index contributed by atoms with van der Waals surface area (Å²) in [6.45, 7) is 1.82. The van der Waals surface area contributed by atoms with Crippen LogP contribution in [-0.4, -0.2) is 15.9 Å². The zero-order valence-electron chi connectivity index (χ0n) is 9.84. The third-order valence-corrected chi connectivity index (χ3v) is 2.48. The van der Waals surface area contributed by atoms with Gasteiger partial charge in [-0.2, -0.15) is 0 Å². The fraction of sp³-hybridized carbons (Fsp3) is 0.0833. The van der Waals surface area contributed by atoms with E-state index in [0.717, 1.165) is 5.69 Å². The Hall–Kier alpha value is -2.47. The van der Waals surface area contributed by atoms with Crippen molar-refractivity contribution in [3.05, 3.63) is 48.0 Å². The number of hydrogen-bond acceptors (Lipinski definition) is 5. The van der Waals surface area contributed by atoms with Crippen LogP contribution in [0.2, 0.25) is 0 Å². The van der Waals surface area contributed by atoms with Gasteiger partial charge in [-0.25, -0.2) is 0 Å². The number of anilines is 2. The van der Waals surface area contributed by atoms with Crippen LogP contribution in [0.4, 0.5) is 11.4 Å². The van der Waals surface area contributed by atoms with Gasteiger partial charge >= 0.3 is 0 Å². The van der Waals surface area contributed by atoms with E-state index in [-0.39, 0.29) is 5.91 Å². The molecule has 0 atom stereocenters. The summed E-state index contributed by atoms with van der Waals surface area (Å²) in [6.07, 6.45) is 4.68. The van der Waals surface area contributed by atoms with Gasteiger partial charge in [0.15, 0.2) is 0 Å². The van der Waals surface area contributed by atoms with Crippen LogP contribution in [0.15, 0.2) is 36.8 Å². The number of hydrazine groups is 1. The molecule has 0 saturated heterocycles. The highest BCUT2D eigenvalue weighted by Gasteiger charge is 2.12. The van der Waals surface area contributed by atoms with E-state index < -0.39 is 0 Å². The summed E-state index contributed by atoms with van der Waals surface area (Å²) in [4.78, 5) is 20.1. The second-order valence-electron chi connectivity index (χ2n) is 3.66. The summed E-state index contributed by atoms with van der Waals surface area (Å²) < 4.78 is 0. The standard InChI is InChI=1S/C12H13N5O/c1-8-10(3-2-5-15-8)16-12(18)9-7-14-6-4-11(9)17-13/h2-7H,13H2,1H3,(H,14,17)(H,16,18). The second kappa shape index (κ2) is 5.24. The van der Waals surface area contributed by atoms with Crippen LogP contribution in [-0.2, 0) is 0 Å². The lowest BCUT2D eigenvalue weighted by molar-refractivity contribution is 0.102. The summed E-state index contributed by atoms with van der Waals surface area (Å²) in [5.41, 5.74) is 4.76. The highest BCUT2D eigenvalue weighted by Crippen LogP contribution is 2.16. The van der Waals surface area contributed by atoms with Crippen LogP contribution in [0, 0.1) is 6.92 Å². The van der Waals surface area contributed by atoms with Crippen LogP contribution in [0.5, 0.6) is 0 Å². The number of nitrogens with zero attached hydrogens (tertiary/aromatic N) is 2. The van der Waals surface area contributed by atoms with Crippen LogP contribution in [0.3, 0.4) is 0 Å². The minimum absolute atomic E-state index is 0.285. The molecule has 92 valence electrons. The van der Waals surface area contributed by atoms with Crippen LogP contribution in [0.1, 0.15) is 16.1 Å². The largest absolute Gasteiger partial charge is 0.323 e. The molecule has 0 aliphatic rings. The lowest BCUT2D eigenvalue weighted by Crippen LogP contribution is -2.18. The van der Waals surface area contributed by atoms with Crippen molar-refractivity contribution in [1.29, 1.82) is 0 Å². The first kappa shape index (κ1) is 12.0. The van der Waals surface area contributed by atoms with Crippen molar-refractivity contribution in [1.82, 2.24) is 9.97 Å². The fourth-order valence-electron chi connectivity index (χ4n) is 1.51. The van der Waals surface area contributed by atoms with Gasteiger partial charge in [0.1, 0.15) is 0 Å². The molecule has 0 aliphatic heterocycles. The van der Waals surface area contributed by atoms with E-state index in [0.29, 0.717) is 16.9 Å². The Bertz CT molecular complexity index is 570. The normalized spacial score (nSPS) is 9.89. The molecule has 2 heterocycles. The summed E-state index contributed by atoms with van der Waals surface area (Å²) in [5, 5.41) is 2.76. The van der Waals surface area contributed by atoms with Crippen LogP contribution < -0.4 is 16.6 Å². The molecule has 2 rings (SSSR count). The number of carbonyl (C=O) groups is 1. The van der Waals surface area contributed by atoms with Crippen molar-refractivity contribution in [2.45, 2.75) is 6.92 Å². The molecule has 0 unspecified atom stereocenters. The van der Waals surface area contributed by atoms with Crippen molar-refractivity contribution >= 4 is 17.3 Å². The SMILES string of the molecule is Cc1ncccc1NC(=O)c1cnccc1NN. The molecular weight excluding hydrogens is 230 g/mol. The summed E-state index contributed by atoms with van der Waals surface area (Å²) in [6, 6.07) is 5.17. The number of rotatable bonds is 3. The van der Waals surface area contributed by atoms with Crippen molar-refractivity contribution in [3.8, 4) is 0 Å².